The summed E-state index contributed by atoms with van der Waals surface area (Å²) in [7, 11) is 1.91. The lowest BCUT2D eigenvalue weighted by Gasteiger charge is -2.18. The van der Waals surface area contributed by atoms with Crippen molar-refractivity contribution in [1.29, 1.82) is 0 Å². The Bertz CT molecular complexity index is 661. The highest BCUT2D eigenvalue weighted by atomic mass is 16.3. The van der Waals surface area contributed by atoms with Gasteiger partial charge in [-0.25, -0.2) is 0 Å². The first-order valence-electron chi connectivity index (χ1n) is 7.57. The summed E-state index contributed by atoms with van der Waals surface area (Å²) in [6.07, 6.45) is 4.95. The Morgan fingerprint density at radius 1 is 1.35 bits per heavy atom. The predicted molar refractivity (Wildman–Crippen MR) is 92.4 cm³/mol. The Hall–Kier alpha value is -2.60. The summed E-state index contributed by atoms with van der Waals surface area (Å²) in [6.45, 7) is 3.44. The maximum absolute atomic E-state index is 12.0. The van der Waals surface area contributed by atoms with Gasteiger partial charge < -0.3 is 15.3 Å². The third-order valence-electron chi connectivity index (χ3n) is 3.47. The molecule has 0 unspecified atom stereocenters. The summed E-state index contributed by atoms with van der Waals surface area (Å²) >= 11 is 0. The molecule has 1 aromatic carbocycles. The number of aliphatic hydroxyl groups excluding tert-OH is 1. The minimum Gasteiger partial charge on any atom is -0.395 e. The molecule has 6 nitrogen and oxygen atoms in total. The molecule has 2 N–H and O–H groups in total. The molecular weight excluding hydrogens is 292 g/mol. The van der Waals surface area contributed by atoms with Gasteiger partial charge in [-0.3, -0.25) is 9.48 Å². The number of rotatable bonds is 7. The van der Waals surface area contributed by atoms with Crippen molar-refractivity contribution >= 4 is 23.4 Å². The van der Waals surface area contributed by atoms with E-state index in [0.717, 1.165) is 23.6 Å². The predicted octanol–water partition coefficient (Wildman–Crippen LogP) is 1.98. The number of benzene rings is 1. The number of hydrogen-bond acceptors (Lipinski definition) is 4. The van der Waals surface area contributed by atoms with E-state index in [1.54, 1.807) is 12.3 Å². The van der Waals surface area contributed by atoms with Crippen LogP contribution in [0.5, 0.6) is 0 Å². The number of nitrogens with zero attached hydrogens (tertiary/aromatic N) is 3. The minimum atomic E-state index is -0.190. The van der Waals surface area contributed by atoms with Gasteiger partial charge in [0.2, 0.25) is 5.91 Å². The van der Waals surface area contributed by atoms with Crippen molar-refractivity contribution in [2.24, 2.45) is 0 Å². The number of amides is 1. The van der Waals surface area contributed by atoms with Gasteiger partial charge in [0.15, 0.2) is 0 Å². The van der Waals surface area contributed by atoms with E-state index in [1.165, 1.54) is 6.08 Å². The van der Waals surface area contributed by atoms with Gasteiger partial charge in [0.25, 0.3) is 0 Å². The van der Waals surface area contributed by atoms with Crippen LogP contribution < -0.4 is 10.2 Å². The zero-order valence-electron chi connectivity index (χ0n) is 13.4. The number of anilines is 2. The molecule has 1 heterocycles. The molecule has 0 radical (unpaired) electrons. The molecule has 1 aromatic heterocycles. The van der Waals surface area contributed by atoms with Gasteiger partial charge in [0, 0.05) is 43.8 Å². The van der Waals surface area contributed by atoms with E-state index in [0.29, 0.717) is 6.54 Å². The molecular formula is C17H22N4O2. The largest absolute Gasteiger partial charge is 0.395 e. The molecule has 2 rings (SSSR count). The highest BCUT2D eigenvalue weighted by molar-refractivity contribution is 6.01. The van der Waals surface area contributed by atoms with Crippen molar-refractivity contribution in [2.45, 2.75) is 13.5 Å². The Labute approximate surface area is 136 Å². The number of likely N-dealkylation sites (N-methyl/N-ethyl adjacent to an activating group) is 1. The third-order valence-corrected chi connectivity index (χ3v) is 3.47. The van der Waals surface area contributed by atoms with Crippen LogP contribution in [0.15, 0.2) is 42.6 Å². The van der Waals surface area contributed by atoms with E-state index >= 15 is 0 Å². The molecule has 0 saturated heterocycles. The van der Waals surface area contributed by atoms with E-state index < -0.39 is 0 Å². The second-order valence-corrected chi connectivity index (χ2v) is 5.09. The van der Waals surface area contributed by atoms with Crippen LogP contribution in [0.3, 0.4) is 0 Å². The Kier molecular flexibility index (Phi) is 5.94. The molecule has 0 aliphatic heterocycles. The van der Waals surface area contributed by atoms with Crippen molar-refractivity contribution < 1.29 is 9.90 Å². The van der Waals surface area contributed by atoms with Crippen LogP contribution >= 0.6 is 0 Å². The minimum absolute atomic E-state index is 0.105. The standard InChI is InChI=1S/C17H22N4O2/c1-3-21-16(10-11-18-21)8-9-17(23)19-14-4-6-15(7-5-14)20(2)12-13-22/h4-11,22H,3,12-13H2,1-2H3,(H,19,23)/b9-8+. The normalized spacial score (nSPS) is 10.9. The number of nitrogens with one attached hydrogen (secondary N) is 1. The fourth-order valence-electron chi connectivity index (χ4n) is 2.17. The Morgan fingerprint density at radius 2 is 2.09 bits per heavy atom. The lowest BCUT2D eigenvalue weighted by atomic mass is 10.2. The van der Waals surface area contributed by atoms with Gasteiger partial charge in [-0.2, -0.15) is 5.10 Å². The fraction of sp³-hybridized carbons (Fsp3) is 0.294. The van der Waals surface area contributed by atoms with Gasteiger partial charge in [-0.1, -0.05) is 0 Å². The number of carbonyl (C=O) groups is 1. The van der Waals surface area contributed by atoms with Gasteiger partial charge in [-0.05, 0) is 43.3 Å². The van der Waals surface area contributed by atoms with E-state index in [1.807, 2.05) is 53.9 Å². The van der Waals surface area contributed by atoms with Gasteiger partial charge >= 0.3 is 0 Å². The molecule has 6 heteroatoms. The van der Waals surface area contributed by atoms with E-state index in [9.17, 15) is 4.79 Å². The van der Waals surface area contributed by atoms with Gasteiger partial charge in [0.1, 0.15) is 0 Å². The topological polar surface area (TPSA) is 70.4 Å². The van der Waals surface area contributed by atoms with Crippen LogP contribution in [-0.2, 0) is 11.3 Å². The molecule has 0 saturated carbocycles. The highest BCUT2D eigenvalue weighted by Crippen LogP contribution is 2.16. The smallest absolute Gasteiger partial charge is 0.248 e. The fourth-order valence-corrected chi connectivity index (χ4v) is 2.17. The molecule has 1 amide bonds. The summed E-state index contributed by atoms with van der Waals surface area (Å²) in [6, 6.07) is 9.35. The molecule has 0 spiro atoms. The SMILES string of the molecule is CCn1nccc1/C=C/C(=O)Nc1ccc(N(C)CCO)cc1. The second kappa shape index (κ2) is 8.14. The monoisotopic (exact) mass is 314 g/mol. The molecule has 0 fully saturated rings. The third kappa shape index (κ3) is 4.69. The van der Waals surface area contributed by atoms with E-state index in [4.69, 9.17) is 5.11 Å². The lowest BCUT2D eigenvalue weighted by molar-refractivity contribution is -0.111. The molecule has 0 aliphatic carbocycles. The number of aliphatic hydroxyl groups is 1. The van der Waals surface area contributed by atoms with Crippen LogP contribution in [0, 0.1) is 0 Å². The van der Waals surface area contributed by atoms with E-state index in [-0.39, 0.29) is 12.5 Å². The van der Waals surface area contributed by atoms with Crippen molar-refractivity contribution in [1.82, 2.24) is 9.78 Å². The van der Waals surface area contributed by atoms with Crippen molar-refractivity contribution in [2.75, 3.05) is 30.4 Å². The molecule has 122 valence electrons. The van der Waals surface area contributed by atoms with Gasteiger partial charge in [0.05, 0.1) is 12.3 Å². The van der Waals surface area contributed by atoms with Crippen LogP contribution in [0.4, 0.5) is 11.4 Å². The summed E-state index contributed by atoms with van der Waals surface area (Å²) in [5, 5.41) is 15.9. The zero-order valence-corrected chi connectivity index (χ0v) is 13.4. The Morgan fingerprint density at radius 3 is 2.74 bits per heavy atom. The summed E-state index contributed by atoms with van der Waals surface area (Å²) in [5.74, 6) is -0.190. The van der Waals surface area contributed by atoms with Crippen molar-refractivity contribution in [3.05, 3.63) is 48.3 Å². The average Bonchev–Trinajstić information content (AvgIpc) is 3.01. The number of aromatic nitrogens is 2. The van der Waals surface area contributed by atoms with Crippen molar-refractivity contribution in [3.63, 3.8) is 0 Å². The van der Waals surface area contributed by atoms with E-state index in [2.05, 4.69) is 10.4 Å². The number of hydrogen-bond donors (Lipinski definition) is 2. The molecule has 0 atom stereocenters. The van der Waals surface area contributed by atoms with Crippen LogP contribution in [0.1, 0.15) is 12.6 Å². The first-order valence-corrected chi connectivity index (χ1v) is 7.57. The summed E-state index contributed by atoms with van der Waals surface area (Å²) < 4.78 is 1.82. The number of carbonyl (C=O) groups excluding carboxylic acids is 1. The average molecular weight is 314 g/mol. The van der Waals surface area contributed by atoms with Crippen LogP contribution in [0.2, 0.25) is 0 Å². The first-order chi connectivity index (χ1) is 11.1. The highest BCUT2D eigenvalue weighted by Gasteiger charge is 2.02. The van der Waals surface area contributed by atoms with Crippen LogP contribution in [0.25, 0.3) is 6.08 Å². The zero-order chi connectivity index (χ0) is 16.7. The van der Waals surface area contributed by atoms with Crippen molar-refractivity contribution in [3.8, 4) is 0 Å². The first kappa shape index (κ1) is 16.8. The molecule has 0 bridgehead atoms. The maximum atomic E-state index is 12.0. The second-order valence-electron chi connectivity index (χ2n) is 5.09. The molecule has 23 heavy (non-hydrogen) atoms. The Balaban J connectivity index is 1.95. The summed E-state index contributed by atoms with van der Waals surface area (Å²) in [4.78, 5) is 13.9. The number of aryl methyl sites for hydroxylation is 1. The lowest BCUT2D eigenvalue weighted by Crippen LogP contribution is -2.20. The van der Waals surface area contributed by atoms with Crippen LogP contribution in [-0.4, -0.2) is 41.0 Å². The van der Waals surface area contributed by atoms with Gasteiger partial charge in [-0.15, -0.1) is 0 Å². The summed E-state index contributed by atoms with van der Waals surface area (Å²) in [5.41, 5.74) is 2.60. The quantitative estimate of drug-likeness (QED) is 0.767. The molecule has 0 aliphatic rings. The maximum Gasteiger partial charge on any atom is 0.248 e. The molecule has 2 aromatic rings.